The third kappa shape index (κ3) is 3.44. The molecule has 2 aromatic heterocycles. The minimum atomic E-state index is -0.0220. The number of hydrogen-bond donors (Lipinski definition) is 1. The highest BCUT2D eigenvalue weighted by Gasteiger charge is 2.41. The van der Waals surface area contributed by atoms with Crippen LogP contribution in [-0.2, 0) is 11.8 Å². The van der Waals surface area contributed by atoms with E-state index in [-0.39, 0.29) is 12.1 Å². The Hall–Kier alpha value is -2.90. The zero-order valence-electron chi connectivity index (χ0n) is 16.9. The number of pyridine rings is 1. The molecule has 0 saturated carbocycles. The van der Waals surface area contributed by atoms with Crippen LogP contribution in [0, 0.1) is 0 Å². The lowest BCUT2D eigenvalue weighted by molar-refractivity contribution is 0.122. The molecule has 4 heterocycles. The molecule has 2 aliphatic heterocycles. The van der Waals surface area contributed by atoms with Gasteiger partial charge in [0.15, 0.2) is 5.11 Å². The Bertz CT molecular complexity index is 1010. The number of hydrogen-bond acceptors (Lipinski definition) is 4. The summed E-state index contributed by atoms with van der Waals surface area (Å²) in [6.45, 7) is 3.42. The number of aryl methyl sites for hydroxylation is 1. The number of morpholine rings is 1. The van der Waals surface area contributed by atoms with Crippen molar-refractivity contribution >= 4 is 28.7 Å². The Labute approximate surface area is 182 Å². The van der Waals surface area contributed by atoms with Crippen LogP contribution in [0.4, 0.5) is 11.4 Å². The van der Waals surface area contributed by atoms with Gasteiger partial charge in [0.1, 0.15) is 6.04 Å². The van der Waals surface area contributed by atoms with E-state index in [9.17, 15) is 0 Å². The highest BCUT2D eigenvalue weighted by molar-refractivity contribution is 7.80. The molecule has 1 N–H and O–H groups in total. The Morgan fingerprint density at radius 2 is 1.77 bits per heavy atom. The Morgan fingerprint density at radius 3 is 2.43 bits per heavy atom. The van der Waals surface area contributed by atoms with Crippen molar-refractivity contribution < 1.29 is 4.74 Å². The minimum Gasteiger partial charge on any atom is -0.378 e. The number of nitrogens with one attached hydrogen (secondary N) is 1. The zero-order chi connectivity index (χ0) is 20.5. The molecule has 0 spiro atoms. The van der Waals surface area contributed by atoms with Gasteiger partial charge in [-0.1, -0.05) is 6.07 Å². The summed E-state index contributed by atoms with van der Waals surface area (Å²) in [5, 5.41) is 4.24. The van der Waals surface area contributed by atoms with Crippen molar-refractivity contribution in [2.75, 3.05) is 36.1 Å². The van der Waals surface area contributed by atoms with E-state index >= 15 is 0 Å². The first-order valence-corrected chi connectivity index (χ1v) is 10.7. The molecule has 2 atom stereocenters. The van der Waals surface area contributed by atoms with E-state index in [1.807, 2.05) is 18.3 Å². The Morgan fingerprint density at radius 1 is 1.00 bits per heavy atom. The van der Waals surface area contributed by atoms with E-state index < -0.39 is 0 Å². The first kappa shape index (κ1) is 19.1. The second kappa shape index (κ2) is 8.08. The van der Waals surface area contributed by atoms with Crippen molar-refractivity contribution in [3.63, 3.8) is 0 Å². The molecule has 2 fully saturated rings. The van der Waals surface area contributed by atoms with E-state index in [1.54, 1.807) is 0 Å². The summed E-state index contributed by atoms with van der Waals surface area (Å²) in [7, 11) is 2.08. The predicted octanol–water partition coefficient (Wildman–Crippen LogP) is 3.43. The van der Waals surface area contributed by atoms with Crippen molar-refractivity contribution in [2.45, 2.75) is 12.1 Å². The van der Waals surface area contributed by atoms with E-state index in [0.29, 0.717) is 0 Å². The predicted molar refractivity (Wildman–Crippen MR) is 123 cm³/mol. The molecule has 3 aromatic rings. The van der Waals surface area contributed by atoms with Gasteiger partial charge >= 0.3 is 0 Å². The number of benzene rings is 1. The number of aromatic nitrogens is 2. The molecule has 0 bridgehead atoms. The lowest BCUT2D eigenvalue weighted by Crippen LogP contribution is -2.36. The third-order valence-corrected chi connectivity index (χ3v) is 6.20. The molecule has 5 rings (SSSR count). The standard InChI is InChI=1S/C23H25N5OS/c1-26-12-4-6-20(26)22-21(19-5-2-3-11-24-19)25-23(30)28(22)18-9-7-17(8-10-18)27-13-15-29-16-14-27/h2-12,21-22H,13-16H2,1H3,(H,25,30)/t21-,22+/m1/s1. The molecule has 2 saturated heterocycles. The number of thiocarbonyl (C=S) groups is 1. The summed E-state index contributed by atoms with van der Waals surface area (Å²) in [5.74, 6) is 0. The molecule has 6 nitrogen and oxygen atoms in total. The van der Waals surface area contributed by atoms with Gasteiger partial charge in [-0.3, -0.25) is 4.98 Å². The van der Waals surface area contributed by atoms with Crippen LogP contribution in [0.5, 0.6) is 0 Å². The van der Waals surface area contributed by atoms with Crippen molar-refractivity contribution in [3.05, 3.63) is 78.4 Å². The van der Waals surface area contributed by atoms with Crippen LogP contribution in [0.1, 0.15) is 23.5 Å². The maximum Gasteiger partial charge on any atom is 0.174 e. The lowest BCUT2D eigenvalue weighted by atomic mass is 10.0. The first-order chi connectivity index (χ1) is 14.7. The van der Waals surface area contributed by atoms with Crippen LogP contribution in [0.2, 0.25) is 0 Å². The molecule has 0 radical (unpaired) electrons. The van der Waals surface area contributed by atoms with E-state index in [1.165, 1.54) is 11.4 Å². The second-order valence-electron chi connectivity index (χ2n) is 7.66. The summed E-state index contributed by atoms with van der Waals surface area (Å²) in [5.41, 5.74) is 4.47. The maximum atomic E-state index is 5.80. The molecular formula is C23H25N5OS. The van der Waals surface area contributed by atoms with Crippen molar-refractivity contribution in [1.82, 2.24) is 14.9 Å². The summed E-state index contributed by atoms with van der Waals surface area (Å²) in [6.07, 6.45) is 3.91. The smallest absolute Gasteiger partial charge is 0.174 e. The molecule has 30 heavy (non-hydrogen) atoms. The average Bonchev–Trinajstić information content (AvgIpc) is 3.37. The minimum absolute atomic E-state index is 0.0154. The quantitative estimate of drug-likeness (QED) is 0.654. The number of rotatable bonds is 4. The van der Waals surface area contributed by atoms with Crippen molar-refractivity contribution in [3.8, 4) is 0 Å². The largest absolute Gasteiger partial charge is 0.378 e. The van der Waals surface area contributed by atoms with Crippen molar-refractivity contribution in [1.29, 1.82) is 0 Å². The SMILES string of the molecule is Cn1cccc1[C@H]1[C@@H](c2ccccn2)NC(=S)N1c1ccc(N2CCOCC2)cc1. The number of ether oxygens (including phenoxy) is 1. The number of nitrogens with zero attached hydrogens (tertiary/aromatic N) is 4. The summed E-state index contributed by atoms with van der Waals surface area (Å²) < 4.78 is 7.64. The maximum absolute atomic E-state index is 5.80. The molecule has 7 heteroatoms. The molecule has 1 aromatic carbocycles. The Kier molecular flexibility index (Phi) is 5.14. The Balaban J connectivity index is 1.51. The zero-order valence-corrected chi connectivity index (χ0v) is 17.8. The van der Waals surface area contributed by atoms with Gasteiger partial charge in [0.2, 0.25) is 0 Å². The molecule has 154 valence electrons. The van der Waals surface area contributed by atoms with Crippen LogP contribution >= 0.6 is 12.2 Å². The van der Waals surface area contributed by atoms with E-state index in [0.717, 1.165) is 42.8 Å². The molecule has 0 amide bonds. The van der Waals surface area contributed by atoms with Gasteiger partial charge < -0.3 is 24.4 Å². The fraction of sp³-hybridized carbons (Fsp3) is 0.304. The fourth-order valence-electron chi connectivity index (χ4n) is 4.36. The third-order valence-electron chi connectivity index (χ3n) is 5.89. The fourth-order valence-corrected chi connectivity index (χ4v) is 4.71. The van der Waals surface area contributed by atoms with Gasteiger partial charge in [-0.2, -0.15) is 0 Å². The number of anilines is 2. The summed E-state index contributed by atoms with van der Waals surface area (Å²) >= 11 is 5.80. The van der Waals surface area contributed by atoms with Crippen LogP contribution in [-0.4, -0.2) is 41.0 Å². The first-order valence-electron chi connectivity index (χ1n) is 10.3. The van der Waals surface area contributed by atoms with Gasteiger partial charge in [0.05, 0.1) is 24.9 Å². The molecule has 0 aliphatic carbocycles. The topological polar surface area (TPSA) is 45.6 Å². The van der Waals surface area contributed by atoms with Crippen LogP contribution in [0.15, 0.2) is 67.0 Å². The second-order valence-corrected chi connectivity index (χ2v) is 8.04. The van der Waals surface area contributed by atoms with Gasteiger partial charge in [-0.05, 0) is 60.7 Å². The summed E-state index contributed by atoms with van der Waals surface area (Å²) in [6, 6.07) is 18.9. The molecule has 0 unspecified atom stereocenters. The van der Waals surface area contributed by atoms with E-state index in [2.05, 4.69) is 80.4 Å². The highest BCUT2D eigenvalue weighted by atomic mass is 32.1. The van der Waals surface area contributed by atoms with Crippen LogP contribution in [0.3, 0.4) is 0 Å². The average molecular weight is 420 g/mol. The van der Waals surface area contributed by atoms with Gasteiger partial charge in [-0.25, -0.2) is 0 Å². The molecule has 2 aliphatic rings. The van der Waals surface area contributed by atoms with Crippen LogP contribution < -0.4 is 15.1 Å². The van der Waals surface area contributed by atoms with Crippen LogP contribution in [0.25, 0.3) is 0 Å². The lowest BCUT2D eigenvalue weighted by Gasteiger charge is -2.31. The van der Waals surface area contributed by atoms with Crippen molar-refractivity contribution in [2.24, 2.45) is 7.05 Å². The molecular weight excluding hydrogens is 394 g/mol. The normalized spacial score (nSPS) is 21.7. The van der Waals surface area contributed by atoms with Gasteiger partial charge in [-0.15, -0.1) is 0 Å². The monoisotopic (exact) mass is 419 g/mol. The van der Waals surface area contributed by atoms with Gasteiger partial charge in [0, 0.05) is 49.6 Å². The summed E-state index contributed by atoms with van der Waals surface area (Å²) in [4.78, 5) is 9.19. The van der Waals surface area contributed by atoms with Gasteiger partial charge in [0.25, 0.3) is 0 Å². The highest BCUT2D eigenvalue weighted by Crippen LogP contribution is 2.41. The van der Waals surface area contributed by atoms with E-state index in [4.69, 9.17) is 17.0 Å².